The lowest BCUT2D eigenvalue weighted by Crippen LogP contribution is -2.39. The zero-order valence-corrected chi connectivity index (χ0v) is 17.8. The maximum atomic E-state index is 12.9. The van der Waals surface area contributed by atoms with E-state index in [9.17, 15) is 9.59 Å². The van der Waals surface area contributed by atoms with Gasteiger partial charge in [0, 0.05) is 31.0 Å². The number of rotatable bonds is 8. The number of carbonyl (C=O) groups excluding carboxylic acids is 2. The van der Waals surface area contributed by atoms with E-state index in [1.165, 1.54) is 0 Å². The van der Waals surface area contributed by atoms with Crippen molar-refractivity contribution in [2.45, 2.75) is 47.1 Å². The molecule has 0 atom stereocenters. The number of nitrogens with one attached hydrogen (secondary N) is 2. The second-order valence-corrected chi connectivity index (χ2v) is 7.88. The molecule has 2 N–H and O–H groups in total. The lowest BCUT2D eigenvalue weighted by atomic mass is 10.0. The van der Waals surface area contributed by atoms with Gasteiger partial charge < -0.3 is 15.5 Å². The van der Waals surface area contributed by atoms with E-state index >= 15 is 0 Å². The van der Waals surface area contributed by atoms with Crippen molar-refractivity contribution in [3.05, 3.63) is 59.2 Å². The van der Waals surface area contributed by atoms with E-state index in [0.29, 0.717) is 19.4 Å². The highest BCUT2D eigenvalue weighted by Crippen LogP contribution is 2.47. The van der Waals surface area contributed by atoms with Crippen molar-refractivity contribution >= 4 is 23.2 Å². The van der Waals surface area contributed by atoms with Crippen LogP contribution in [-0.4, -0.2) is 24.9 Å². The van der Waals surface area contributed by atoms with Gasteiger partial charge in [0.05, 0.1) is 0 Å². The smallest absolute Gasteiger partial charge is 0.240 e. The molecule has 0 heterocycles. The summed E-state index contributed by atoms with van der Waals surface area (Å²) in [7, 11) is 0. The fourth-order valence-electron chi connectivity index (χ4n) is 3.67. The average Bonchev–Trinajstić information content (AvgIpc) is 3.51. The Morgan fingerprint density at radius 3 is 2.31 bits per heavy atom. The average molecular weight is 394 g/mol. The van der Waals surface area contributed by atoms with Crippen molar-refractivity contribution in [1.82, 2.24) is 5.32 Å². The molecular weight excluding hydrogens is 362 g/mol. The van der Waals surface area contributed by atoms with Crippen LogP contribution in [0.5, 0.6) is 0 Å². The van der Waals surface area contributed by atoms with Gasteiger partial charge in [0.25, 0.3) is 0 Å². The highest BCUT2D eigenvalue weighted by atomic mass is 16.2. The van der Waals surface area contributed by atoms with Crippen LogP contribution in [0, 0.1) is 19.3 Å². The minimum Gasteiger partial charge on any atom is -0.372 e. The van der Waals surface area contributed by atoms with E-state index < -0.39 is 5.41 Å². The van der Waals surface area contributed by atoms with Crippen LogP contribution in [0.2, 0.25) is 0 Å². The monoisotopic (exact) mass is 393 g/mol. The summed E-state index contributed by atoms with van der Waals surface area (Å²) in [6.07, 6.45) is 1.18. The first-order valence-electron chi connectivity index (χ1n) is 10.4. The Morgan fingerprint density at radius 1 is 1.00 bits per heavy atom. The molecule has 2 aromatic rings. The zero-order valence-electron chi connectivity index (χ0n) is 17.8. The molecule has 3 rings (SSSR count). The van der Waals surface area contributed by atoms with Gasteiger partial charge in [0.15, 0.2) is 0 Å². The summed E-state index contributed by atoms with van der Waals surface area (Å²) in [4.78, 5) is 27.9. The summed E-state index contributed by atoms with van der Waals surface area (Å²) in [6, 6.07) is 14.1. The van der Waals surface area contributed by atoms with E-state index in [-0.39, 0.29) is 11.8 Å². The second-order valence-electron chi connectivity index (χ2n) is 7.88. The first-order valence-corrected chi connectivity index (χ1v) is 10.4. The predicted molar refractivity (Wildman–Crippen MR) is 118 cm³/mol. The Morgan fingerprint density at radius 2 is 1.72 bits per heavy atom. The fourth-order valence-corrected chi connectivity index (χ4v) is 3.67. The van der Waals surface area contributed by atoms with Crippen LogP contribution in [0.15, 0.2) is 42.5 Å². The van der Waals surface area contributed by atoms with Crippen molar-refractivity contribution in [2.75, 3.05) is 23.3 Å². The van der Waals surface area contributed by atoms with Crippen molar-refractivity contribution < 1.29 is 9.59 Å². The summed E-state index contributed by atoms with van der Waals surface area (Å²) < 4.78 is 0. The Bertz CT molecular complexity index is 899. The minimum absolute atomic E-state index is 0.186. The largest absolute Gasteiger partial charge is 0.372 e. The number of anilines is 2. The molecule has 2 aromatic carbocycles. The molecule has 0 saturated heterocycles. The van der Waals surface area contributed by atoms with Gasteiger partial charge in [-0.25, -0.2) is 0 Å². The molecule has 0 bridgehead atoms. The lowest BCUT2D eigenvalue weighted by molar-refractivity contribution is -0.134. The number of carbonyl (C=O) groups is 2. The molecule has 1 aliphatic carbocycles. The van der Waals surface area contributed by atoms with Gasteiger partial charge in [0.2, 0.25) is 11.8 Å². The standard InChI is InChI=1S/C24H31N3O2/c1-5-27(6-2)20-10-11-21(18(4)15-20)26-23(29)24(12-13-24)22(28)25-16-19-9-7-8-17(3)14-19/h7-11,14-15H,5-6,12-13,16H2,1-4H3,(H,25,28)(H,26,29). The van der Waals surface area contributed by atoms with Gasteiger partial charge in [-0.1, -0.05) is 29.8 Å². The van der Waals surface area contributed by atoms with Crippen LogP contribution >= 0.6 is 0 Å². The third-order valence-electron chi connectivity index (χ3n) is 5.74. The summed E-state index contributed by atoms with van der Waals surface area (Å²) in [5, 5.41) is 5.93. The molecule has 0 radical (unpaired) electrons. The third kappa shape index (κ3) is 4.61. The van der Waals surface area contributed by atoms with Gasteiger partial charge in [-0.3, -0.25) is 9.59 Å². The Balaban J connectivity index is 1.64. The molecule has 5 nitrogen and oxygen atoms in total. The molecule has 0 spiro atoms. The van der Waals surface area contributed by atoms with Crippen molar-refractivity contribution in [3.63, 3.8) is 0 Å². The lowest BCUT2D eigenvalue weighted by Gasteiger charge is -2.22. The Hall–Kier alpha value is -2.82. The maximum Gasteiger partial charge on any atom is 0.240 e. The summed E-state index contributed by atoms with van der Waals surface area (Å²) in [5.74, 6) is -0.396. The number of amides is 2. The molecule has 1 saturated carbocycles. The summed E-state index contributed by atoms with van der Waals surface area (Å²) in [6.45, 7) is 10.6. The van der Waals surface area contributed by atoms with E-state index in [2.05, 4.69) is 35.4 Å². The molecule has 154 valence electrons. The summed E-state index contributed by atoms with van der Waals surface area (Å²) >= 11 is 0. The molecule has 0 aliphatic heterocycles. The maximum absolute atomic E-state index is 12.9. The van der Waals surface area contributed by atoms with Crippen LogP contribution in [0.25, 0.3) is 0 Å². The molecule has 0 unspecified atom stereocenters. The molecule has 29 heavy (non-hydrogen) atoms. The molecule has 1 fully saturated rings. The van der Waals surface area contributed by atoms with E-state index in [4.69, 9.17) is 0 Å². The highest BCUT2D eigenvalue weighted by Gasteiger charge is 2.56. The number of hydrogen-bond donors (Lipinski definition) is 2. The van der Waals surface area contributed by atoms with Crippen LogP contribution in [0.4, 0.5) is 11.4 Å². The Labute approximate surface area is 173 Å². The predicted octanol–water partition coefficient (Wildman–Crippen LogP) is 4.18. The Kier molecular flexibility index (Phi) is 6.26. The van der Waals surface area contributed by atoms with Crippen LogP contribution in [0.3, 0.4) is 0 Å². The van der Waals surface area contributed by atoms with Crippen molar-refractivity contribution in [2.24, 2.45) is 5.41 Å². The van der Waals surface area contributed by atoms with Crippen LogP contribution in [0.1, 0.15) is 43.4 Å². The molecular formula is C24H31N3O2. The van der Waals surface area contributed by atoms with E-state index in [1.807, 2.05) is 50.2 Å². The highest BCUT2D eigenvalue weighted by molar-refractivity contribution is 6.13. The number of hydrogen-bond acceptors (Lipinski definition) is 3. The van der Waals surface area contributed by atoms with Gasteiger partial charge in [-0.2, -0.15) is 0 Å². The summed E-state index contributed by atoms with van der Waals surface area (Å²) in [5.41, 5.74) is 4.16. The minimum atomic E-state index is -0.937. The van der Waals surface area contributed by atoms with Gasteiger partial charge in [-0.15, -0.1) is 0 Å². The molecule has 2 amide bonds. The first kappa shape index (κ1) is 20.9. The van der Waals surface area contributed by atoms with Crippen molar-refractivity contribution in [1.29, 1.82) is 0 Å². The molecule has 1 aliphatic rings. The van der Waals surface area contributed by atoms with Crippen LogP contribution < -0.4 is 15.5 Å². The van der Waals surface area contributed by atoms with Gasteiger partial charge in [-0.05, 0) is 69.9 Å². The van der Waals surface area contributed by atoms with Crippen LogP contribution in [-0.2, 0) is 16.1 Å². The van der Waals surface area contributed by atoms with Gasteiger partial charge in [0.1, 0.15) is 5.41 Å². The topological polar surface area (TPSA) is 61.4 Å². The number of nitrogens with zero attached hydrogens (tertiary/aromatic N) is 1. The second kappa shape index (κ2) is 8.68. The first-order chi connectivity index (χ1) is 13.9. The number of benzene rings is 2. The molecule has 5 heteroatoms. The normalized spacial score (nSPS) is 14.2. The number of aryl methyl sites for hydroxylation is 2. The fraction of sp³-hybridized carbons (Fsp3) is 0.417. The zero-order chi connectivity index (χ0) is 21.0. The third-order valence-corrected chi connectivity index (χ3v) is 5.74. The SMILES string of the molecule is CCN(CC)c1ccc(NC(=O)C2(C(=O)NCc3cccc(C)c3)CC2)c(C)c1. The van der Waals surface area contributed by atoms with E-state index in [0.717, 1.165) is 41.2 Å². The van der Waals surface area contributed by atoms with E-state index in [1.54, 1.807) is 0 Å². The van der Waals surface area contributed by atoms with Crippen molar-refractivity contribution in [3.8, 4) is 0 Å². The molecule has 0 aromatic heterocycles. The quantitative estimate of drug-likeness (QED) is 0.661. The van der Waals surface area contributed by atoms with Gasteiger partial charge >= 0.3 is 0 Å².